The summed E-state index contributed by atoms with van der Waals surface area (Å²) in [7, 11) is 1.96. The molecule has 3 aromatic rings. The molecule has 0 fully saturated rings. The lowest BCUT2D eigenvalue weighted by Crippen LogP contribution is -2.16. The number of nitrogens with one attached hydrogen (secondary N) is 1. The van der Waals surface area contributed by atoms with Crippen LogP contribution in [0.15, 0.2) is 48.7 Å². The van der Waals surface area contributed by atoms with Crippen molar-refractivity contribution in [3.8, 4) is 0 Å². The maximum absolute atomic E-state index is 3.95. The number of benzene rings is 2. The standard InChI is InChI=1S/C14H13N3S/c1-15-14(13-9-16-17-18-13)12-8-4-6-10-5-2-3-7-11(10)12/h2-9,14-15H,1H3. The Labute approximate surface area is 110 Å². The fourth-order valence-electron chi connectivity index (χ4n) is 2.26. The first-order valence-corrected chi connectivity index (χ1v) is 6.59. The number of hydrogen-bond acceptors (Lipinski definition) is 4. The van der Waals surface area contributed by atoms with Crippen LogP contribution in [0.2, 0.25) is 0 Å². The summed E-state index contributed by atoms with van der Waals surface area (Å²) in [4.78, 5) is 1.13. The van der Waals surface area contributed by atoms with E-state index in [4.69, 9.17) is 0 Å². The van der Waals surface area contributed by atoms with Gasteiger partial charge in [0.1, 0.15) is 0 Å². The first-order valence-electron chi connectivity index (χ1n) is 5.82. The van der Waals surface area contributed by atoms with Gasteiger partial charge in [-0.2, -0.15) is 0 Å². The summed E-state index contributed by atoms with van der Waals surface area (Å²) in [5.41, 5.74) is 1.27. The Hall–Kier alpha value is -1.78. The zero-order valence-electron chi connectivity index (χ0n) is 10.00. The van der Waals surface area contributed by atoms with Crippen molar-refractivity contribution in [1.82, 2.24) is 14.9 Å². The van der Waals surface area contributed by atoms with Crippen molar-refractivity contribution in [3.05, 3.63) is 59.1 Å². The Morgan fingerprint density at radius 3 is 2.72 bits per heavy atom. The maximum Gasteiger partial charge on any atom is 0.0707 e. The molecule has 0 aliphatic carbocycles. The fraction of sp³-hybridized carbons (Fsp3) is 0.143. The lowest BCUT2D eigenvalue weighted by molar-refractivity contribution is 0.707. The van der Waals surface area contributed by atoms with Crippen LogP contribution >= 0.6 is 11.5 Å². The van der Waals surface area contributed by atoms with Crippen LogP contribution in [0.4, 0.5) is 0 Å². The highest BCUT2D eigenvalue weighted by atomic mass is 32.1. The quantitative estimate of drug-likeness (QED) is 0.781. The number of aromatic nitrogens is 2. The molecule has 1 atom stereocenters. The zero-order chi connectivity index (χ0) is 12.4. The molecule has 4 heteroatoms. The minimum absolute atomic E-state index is 0.149. The van der Waals surface area contributed by atoms with E-state index in [0.717, 1.165) is 4.88 Å². The number of rotatable bonds is 3. The number of hydrogen-bond donors (Lipinski definition) is 1. The summed E-state index contributed by atoms with van der Waals surface area (Å²) in [5, 5.41) is 9.80. The van der Waals surface area contributed by atoms with Crippen molar-refractivity contribution in [2.75, 3.05) is 7.05 Å². The van der Waals surface area contributed by atoms with Crippen molar-refractivity contribution in [2.45, 2.75) is 6.04 Å². The van der Waals surface area contributed by atoms with Crippen LogP contribution in [-0.2, 0) is 0 Å². The first-order chi connectivity index (χ1) is 8.90. The van der Waals surface area contributed by atoms with Gasteiger partial charge < -0.3 is 5.32 Å². The summed E-state index contributed by atoms with van der Waals surface area (Å²) in [6.45, 7) is 0. The molecule has 0 saturated heterocycles. The molecule has 3 rings (SSSR count). The van der Waals surface area contributed by atoms with E-state index in [1.807, 2.05) is 13.2 Å². The largest absolute Gasteiger partial charge is 0.309 e. The van der Waals surface area contributed by atoms with Gasteiger partial charge >= 0.3 is 0 Å². The van der Waals surface area contributed by atoms with Gasteiger partial charge in [0.15, 0.2) is 0 Å². The molecule has 0 amide bonds. The van der Waals surface area contributed by atoms with E-state index < -0.39 is 0 Å². The lowest BCUT2D eigenvalue weighted by Gasteiger charge is -2.16. The molecule has 1 unspecified atom stereocenters. The maximum atomic E-state index is 3.95. The summed E-state index contributed by atoms with van der Waals surface area (Å²) in [6.07, 6.45) is 1.83. The molecule has 3 nitrogen and oxygen atoms in total. The van der Waals surface area contributed by atoms with E-state index in [0.29, 0.717) is 0 Å². The van der Waals surface area contributed by atoms with Crippen LogP contribution in [0.1, 0.15) is 16.5 Å². The predicted molar refractivity (Wildman–Crippen MR) is 74.8 cm³/mol. The van der Waals surface area contributed by atoms with E-state index in [9.17, 15) is 0 Å². The summed E-state index contributed by atoms with van der Waals surface area (Å²) < 4.78 is 3.95. The second-order valence-corrected chi connectivity index (χ2v) is 4.93. The minimum atomic E-state index is 0.149. The van der Waals surface area contributed by atoms with Gasteiger partial charge in [-0.25, -0.2) is 0 Å². The van der Waals surface area contributed by atoms with Gasteiger partial charge in [0.25, 0.3) is 0 Å². The Kier molecular flexibility index (Phi) is 3.04. The highest BCUT2D eigenvalue weighted by Crippen LogP contribution is 2.29. The third-order valence-corrected chi connectivity index (χ3v) is 3.81. The summed E-state index contributed by atoms with van der Waals surface area (Å²) in [6, 6.07) is 15.0. The highest BCUT2D eigenvalue weighted by molar-refractivity contribution is 7.05. The molecular formula is C14H13N3S. The molecule has 1 heterocycles. The molecule has 0 aliphatic heterocycles. The van der Waals surface area contributed by atoms with Crippen LogP contribution in [-0.4, -0.2) is 16.6 Å². The summed E-state index contributed by atoms with van der Waals surface area (Å²) in [5.74, 6) is 0. The lowest BCUT2D eigenvalue weighted by atomic mass is 9.98. The van der Waals surface area contributed by atoms with Gasteiger partial charge in [0.05, 0.1) is 17.1 Å². The van der Waals surface area contributed by atoms with Gasteiger partial charge in [0.2, 0.25) is 0 Å². The van der Waals surface area contributed by atoms with Crippen LogP contribution in [0.25, 0.3) is 10.8 Å². The predicted octanol–water partition coefficient (Wildman–Crippen LogP) is 3.00. The Morgan fingerprint density at radius 1 is 1.11 bits per heavy atom. The van der Waals surface area contributed by atoms with E-state index in [1.54, 1.807) is 0 Å². The molecule has 0 radical (unpaired) electrons. The highest BCUT2D eigenvalue weighted by Gasteiger charge is 2.16. The van der Waals surface area contributed by atoms with Crippen LogP contribution in [0.5, 0.6) is 0 Å². The van der Waals surface area contributed by atoms with E-state index in [2.05, 4.69) is 57.4 Å². The SMILES string of the molecule is CNC(c1cnns1)c1cccc2ccccc12. The van der Waals surface area contributed by atoms with Crippen LogP contribution in [0.3, 0.4) is 0 Å². The Balaban J connectivity index is 2.18. The molecule has 90 valence electrons. The van der Waals surface area contributed by atoms with E-state index in [-0.39, 0.29) is 6.04 Å². The minimum Gasteiger partial charge on any atom is -0.309 e. The van der Waals surface area contributed by atoms with E-state index in [1.165, 1.54) is 27.9 Å². The first kappa shape index (κ1) is 11.3. The normalized spacial score (nSPS) is 12.7. The molecule has 0 aliphatic rings. The molecule has 0 spiro atoms. The van der Waals surface area contributed by atoms with Crippen molar-refractivity contribution < 1.29 is 0 Å². The van der Waals surface area contributed by atoms with Gasteiger partial charge in [-0.3, -0.25) is 0 Å². The topological polar surface area (TPSA) is 37.8 Å². The van der Waals surface area contributed by atoms with Crippen LogP contribution < -0.4 is 5.32 Å². The van der Waals surface area contributed by atoms with Crippen molar-refractivity contribution in [3.63, 3.8) is 0 Å². The molecule has 1 N–H and O–H groups in total. The third kappa shape index (κ3) is 1.89. The van der Waals surface area contributed by atoms with Crippen molar-refractivity contribution in [2.24, 2.45) is 0 Å². The number of fused-ring (bicyclic) bond motifs is 1. The van der Waals surface area contributed by atoms with Gasteiger partial charge in [0, 0.05) is 0 Å². The van der Waals surface area contributed by atoms with Crippen LogP contribution in [0, 0.1) is 0 Å². The monoisotopic (exact) mass is 255 g/mol. The number of nitrogens with zero attached hydrogens (tertiary/aromatic N) is 2. The summed E-state index contributed by atoms with van der Waals surface area (Å²) >= 11 is 1.44. The molecule has 0 bridgehead atoms. The van der Waals surface area contributed by atoms with E-state index >= 15 is 0 Å². The smallest absolute Gasteiger partial charge is 0.0707 e. The molecular weight excluding hydrogens is 242 g/mol. The van der Waals surface area contributed by atoms with Gasteiger partial charge in [-0.1, -0.05) is 47.0 Å². The average Bonchev–Trinajstić information content (AvgIpc) is 2.94. The van der Waals surface area contributed by atoms with Gasteiger partial charge in [-0.05, 0) is 34.9 Å². The van der Waals surface area contributed by atoms with Gasteiger partial charge in [-0.15, -0.1) is 5.10 Å². The molecule has 18 heavy (non-hydrogen) atoms. The third-order valence-electron chi connectivity index (χ3n) is 3.09. The average molecular weight is 255 g/mol. The Bertz CT molecular complexity index is 644. The second kappa shape index (κ2) is 4.84. The fourth-order valence-corrected chi connectivity index (χ4v) is 2.89. The molecule has 2 aromatic carbocycles. The molecule has 1 aromatic heterocycles. The molecule has 0 saturated carbocycles. The second-order valence-electron chi connectivity index (χ2n) is 4.11. The van der Waals surface area contributed by atoms with Crippen molar-refractivity contribution >= 4 is 22.3 Å². The zero-order valence-corrected chi connectivity index (χ0v) is 10.8. The Morgan fingerprint density at radius 2 is 1.94 bits per heavy atom. The van der Waals surface area contributed by atoms with Crippen molar-refractivity contribution in [1.29, 1.82) is 0 Å².